The van der Waals surface area contributed by atoms with Gasteiger partial charge in [-0.25, -0.2) is 9.78 Å². The van der Waals surface area contributed by atoms with Crippen molar-refractivity contribution in [1.29, 1.82) is 0 Å². The van der Waals surface area contributed by atoms with Gasteiger partial charge in [0.1, 0.15) is 18.7 Å². The summed E-state index contributed by atoms with van der Waals surface area (Å²) in [5.74, 6) is -0.968. The smallest absolute Gasteiger partial charge is 0.445 e. The number of aromatic amines is 1. The fourth-order valence-electron chi connectivity index (χ4n) is 5.29. The summed E-state index contributed by atoms with van der Waals surface area (Å²) in [6.45, 7) is 0.0205. The molecule has 13 heteroatoms. The number of nitrogens with zero attached hydrogens (tertiary/aromatic N) is 1. The molecule has 3 aromatic rings. The lowest BCUT2D eigenvalue weighted by atomic mass is 9.86. The van der Waals surface area contributed by atoms with E-state index in [-0.39, 0.29) is 25.4 Å². The highest BCUT2D eigenvalue weighted by molar-refractivity contribution is 7.32. The molecule has 1 saturated carbocycles. The summed E-state index contributed by atoms with van der Waals surface area (Å²) in [4.78, 5) is 56.4. The number of aromatic nitrogens is 2. The van der Waals surface area contributed by atoms with E-state index in [2.05, 4.69) is 25.9 Å². The molecule has 1 aromatic heterocycles. The van der Waals surface area contributed by atoms with Crippen LogP contribution in [0.2, 0.25) is 0 Å². The summed E-state index contributed by atoms with van der Waals surface area (Å²) in [7, 11) is -2.97. The normalized spacial score (nSPS) is 15.8. The lowest BCUT2D eigenvalue weighted by Crippen LogP contribution is -2.56. The summed E-state index contributed by atoms with van der Waals surface area (Å²) in [6, 6.07) is 16.1. The average Bonchev–Trinajstić information content (AvgIpc) is 3.54. The summed E-state index contributed by atoms with van der Waals surface area (Å²) >= 11 is 0. The van der Waals surface area contributed by atoms with E-state index in [9.17, 15) is 23.8 Å². The number of ether oxygens (including phenoxy) is 1. The molecule has 0 radical (unpaired) electrons. The highest BCUT2D eigenvalue weighted by Gasteiger charge is 2.33. The van der Waals surface area contributed by atoms with E-state index in [1.165, 1.54) is 12.5 Å². The summed E-state index contributed by atoms with van der Waals surface area (Å²) in [5.41, 5.74) is 2.16. The molecule has 2 aromatic carbocycles. The lowest BCUT2D eigenvalue weighted by molar-refractivity contribution is -0.131. The van der Waals surface area contributed by atoms with Crippen LogP contribution in [0.5, 0.6) is 0 Å². The van der Waals surface area contributed by atoms with Gasteiger partial charge in [-0.05, 0) is 17.0 Å². The first-order valence-electron chi connectivity index (χ1n) is 14.8. The predicted molar refractivity (Wildman–Crippen MR) is 162 cm³/mol. The molecule has 1 aliphatic carbocycles. The summed E-state index contributed by atoms with van der Waals surface area (Å²) in [5, 5.41) is 8.11. The van der Waals surface area contributed by atoms with E-state index in [4.69, 9.17) is 9.26 Å². The van der Waals surface area contributed by atoms with E-state index < -0.39 is 44.5 Å². The first-order chi connectivity index (χ1) is 21.4. The number of rotatable bonds is 15. The van der Waals surface area contributed by atoms with Crippen LogP contribution in [0.3, 0.4) is 0 Å². The molecule has 0 spiro atoms. The fraction of sp³-hybridized carbons (Fsp3) is 0.419. The molecule has 1 aliphatic rings. The molecule has 3 amide bonds. The van der Waals surface area contributed by atoms with E-state index in [0.29, 0.717) is 12.1 Å². The van der Waals surface area contributed by atoms with Crippen molar-refractivity contribution >= 4 is 26.2 Å². The molecule has 1 heterocycles. The Morgan fingerprint density at radius 1 is 0.886 bits per heavy atom. The molecular weight excluding hydrogens is 585 g/mol. The zero-order valence-electron chi connectivity index (χ0n) is 24.4. The average molecular weight is 625 g/mol. The zero-order valence-corrected chi connectivity index (χ0v) is 25.3. The number of hydrogen-bond acceptors (Lipinski definition) is 7. The Kier molecular flexibility index (Phi) is 12.8. The van der Waals surface area contributed by atoms with Crippen molar-refractivity contribution in [2.24, 2.45) is 5.92 Å². The number of carbonyl (C=O) groups excluding carboxylic acids is 3. The van der Waals surface area contributed by atoms with Gasteiger partial charge in [-0.15, -0.1) is 4.89 Å². The van der Waals surface area contributed by atoms with Gasteiger partial charge in [0.25, 0.3) is 0 Å². The Morgan fingerprint density at radius 2 is 1.52 bits per heavy atom. The third-order valence-corrected chi connectivity index (χ3v) is 7.94. The van der Waals surface area contributed by atoms with Gasteiger partial charge in [-0.1, -0.05) is 97.3 Å². The second-order valence-corrected chi connectivity index (χ2v) is 11.6. The third-order valence-electron chi connectivity index (χ3n) is 7.51. The highest BCUT2D eigenvalue weighted by atomic mass is 31.1. The standard InChI is InChI=1S/C31H38N5O7P/c37-29(26(16-22-10-4-1-5-11-22)35-31(39)42-20-24-14-8-3-9-15-24)34-27(18-25-19-32-21-33-25)30(38)36-28(43-44(40)41)17-23-12-6-2-7-13-23/h1,3-5,8-11,14-15,19,21,23,26-28H,2,6-7,12-13,16-18,20H2,(H4-,32,33,34,35,36,37,38,39,40,41)/p+1/t26-,27-,28?/m0/s1. The molecule has 0 bridgehead atoms. The first-order valence-corrected chi connectivity index (χ1v) is 15.9. The monoisotopic (exact) mass is 624 g/mol. The number of nitrogens with one attached hydrogen (secondary N) is 4. The van der Waals surface area contributed by atoms with Crippen LogP contribution in [0.25, 0.3) is 0 Å². The number of benzene rings is 2. The van der Waals surface area contributed by atoms with Gasteiger partial charge in [0.2, 0.25) is 11.8 Å². The Balaban J connectivity index is 1.47. The number of imidazole rings is 1. The first kappa shape index (κ1) is 32.8. The van der Waals surface area contributed by atoms with Gasteiger partial charge in [0, 0.05) is 35.7 Å². The molecule has 5 N–H and O–H groups in total. The molecule has 44 heavy (non-hydrogen) atoms. The third kappa shape index (κ3) is 11.2. The lowest BCUT2D eigenvalue weighted by Gasteiger charge is -2.26. The topological polar surface area (TPSA) is 172 Å². The van der Waals surface area contributed by atoms with Crippen molar-refractivity contribution in [2.75, 3.05) is 0 Å². The van der Waals surface area contributed by atoms with E-state index in [1.807, 2.05) is 60.7 Å². The molecule has 0 saturated heterocycles. The number of hydrogen-bond donors (Lipinski definition) is 5. The Hall–Kier alpha value is -4.12. The van der Waals surface area contributed by atoms with Crippen LogP contribution in [0.15, 0.2) is 73.2 Å². The van der Waals surface area contributed by atoms with Gasteiger partial charge in [-0.2, -0.15) is 0 Å². The molecule has 1 fully saturated rings. The minimum atomic E-state index is -2.97. The van der Waals surface area contributed by atoms with Gasteiger partial charge in [0.15, 0.2) is 6.23 Å². The maximum Gasteiger partial charge on any atom is 0.696 e. The van der Waals surface area contributed by atoms with Gasteiger partial charge in [-0.3, -0.25) is 9.59 Å². The van der Waals surface area contributed by atoms with Crippen molar-refractivity contribution in [1.82, 2.24) is 25.9 Å². The van der Waals surface area contributed by atoms with Gasteiger partial charge >= 0.3 is 14.3 Å². The molecular formula is C31H39N5O7P+. The van der Waals surface area contributed by atoms with Crippen molar-refractivity contribution in [3.05, 3.63) is 90.0 Å². The minimum absolute atomic E-state index is 0.0205. The van der Waals surface area contributed by atoms with E-state index >= 15 is 0 Å². The second-order valence-electron chi connectivity index (χ2n) is 10.9. The fourth-order valence-corrected chi connectivity index (χ4v) is 5.64. The number of amides is 3. The van der Waals surface area contributed by atoms with Gasteiger partial charge < -0.3 is 25.7 Å². The number of alkyl carbamates (subject to hydrolysis) is 1. The van der Waals surface area contributed by atoms with Crippen molar-refractivity contribution in [2.45, 2.75) is 76.3 Å². The van der Waals surface area contributed by atoms with E-state index in [0.717, 1.165) is 43.2 Å². The van der Waals surface area contributed by atoms with Crippen LogP contribution in [-0.2, 0) is 42.9 Å². The van der Waals surface area contributed by atoms with Crippen molar-refractivity contribution in [3.8, 4) is 0 Å². The van der Waals surface area contributed by atoms with Crippen LogP contribution in [0, 0.1) is 5.92 Å². The number of H-pyrrole nitrogens is 1. The summed E-state index contributed by atoms with van der Waals surface area (Å²) < 4.78 is 22.1. The van der Waals surface area contributed by atoms with Gasteiger partial charge in [0.05, 0.1) is 6.33 Å². The predicted octanol–water partition coefficient (Wildman–Crippen LogP) is 4.05. The van der Waals surface area contributed by atoms with Crippen LogP contribution >= 0.6 is 8.25 Å². The van der Waals surface area contributed by atoms with E-state index in [1.54, 1.807) is 0 Å². The molecule has 2 unspecified atom stereocenters. The van der Waals surface area contributed by atoms with Crippen molar-refractivity contribution in [3.63, 3.8) is 0 Å². The molecule has 4 rings (SSSR count). The second kappa shape index (κ2) is 17.2. The molecule has 234 valence electrons. The maximum absolute atomic E-state index is 13.7. The highest BCUT2D eigenvalue weighted by Crippen LogP contribution is 2.30. The zero-order chi connectivity index (χ0) is 31.1. The van der Waals surface area contributed by atoms with Crippen LogP contribution < -0.4 is 16.0 Å². The van der Waals surface area contributed by atoms with Crippen LogP contribution in [0.4, 0.5) is 4.79 Å². The minimum Gasteiger partial charge on any atom is -0.445 e. The number of carbonyl (C=O) groups is 3. The SMILES string of the molecule is O=C(N[C@@H](Cc1ccccc1)C(=O)N[C@@H](Cc1cnc[nH]1)C(=O)NC(CC1CCCCC1)O[P+](=O)O)OCc1ccccc1. The molecule has 4 atom stereocenters. The maximum atomic E-state index is 13.7. The molecule has 0 aliphatic heterocycles. The Morgan fingerprint density at radius 3 is 2.16 bits per heavy atom. The Labute approximate surface area is 257 Å². The Bertz CT molecular complexity index is 1340. The summed E-state index contributed by atoms with van der Waals surface area (Å²) in [6.07, 6.45) is 6.91. The van der Waals surface area contributed by atoms with Crippen molar-refractivity contribution < 1.29 is 33.1 Å². The van der Waals surface area contributed by atoms with Crippen LogP contribution in [0.1, 0.15) is 55.3 Å². The largest absolute Gasteiger partial charge is 0.696 e. The molecule has 12 nitrogen and oxygen atoms in total. The van der Waals surface area contributed by atoms with Crippen LogP contribution in [-0.4, -0.2) is 51.1 Å². The quantitative estimate of drug-likeness (QED) is 0.124.